The third-order valence-electron chi connectivity index (χ3n) is 0. The van der Waals surface area contributed by atoms with Gasteiger partial charge in [-0.2, -0.15) is 6.64 Å². The Morgan fingerprint density at radius 2 is 1.29 bits per heavy atom. The number of rotatable bonds is 0. The summed E-state index contributed by atoms with van der Waals surface area (Å²) in [6.45, 7) is -3.81. The average Bonchev–Trinajstić information content (AvgIpc) is 0.722. The van der Waals surface area contributed by atoms with Crippen LogP contribution >= 0.6 is 6.64 Å². The standard InChI is InChI=1S/H4NO2PS.2Na/c1-4(2,3)5;;/h(H4,1,2,3,5);;/q;2*+1/p-2. The quantitative estimate of drug-likeness (QED) is 0.280. The van der Waals surface area contributed by atoms with E-state index >= 15 is 0 Å². The second-order valence-electron chi connectivity index (χ2n) is 0.540. The van der Waals surface area contributed by atoms with Gasteiger partial charge in [-0.15, -0.1) is 11.8 Å². The summed E-state index contributed by atoms with van der Waals surface area (Å²) < 4.78 is 0. The fraction of sp³-hybridized carbons (Fsp3) is 0. The van der Waals surface area contributed by atoms with Crippen LogP contribution in [0.2, 0.25) is 0 Å². The molecule has 0 aromatic rings. The summed E-state index contributed by atoms with van der Waals surface area (Å²) in [5, 5.41) is 0. The summed E-state index contributed by atoms with van der Waals surface area (Å²) in [7, 11) is 0. The molecule has 0 bridgehead atoms. The maximum atomic E-state index is 9.25. The van der Waals surface area contributed by atoms with Crippen molar-refractivity contribution >= 4 is 18.4 Å². The van der Waals surface area contributed by atoms with Crippen LogP contribution in [0.15, 0.2) is 0 Å². The molecule has 0 saturated heterocycles. The predicted molar refractivity (Wildman–Crippen MR) is 18.5 cm³/mol. The summed E-state index contributed by atoms with van der Waals surface area (Å²) in [6.07, 6.45) is 0. The van der Waals surface area contributed by atoms with E-state index in [1.54, 1.807) is 0 Å². The Morgan fingerprint density at radius 3 is 1.29 bits per heavy atom. The molecule has 0 rings (SSSR count). The molecule has 0 aromatic heterocycles. The number of nitrogens with two attached hydrogens (primary N) is 1. The van der Waals surface area contributed by atoms with Gasteiger partial charge in [0.2, 0.25) is 0 Å². The summed E-state index contributed by atoms with van der Waals surface area (Å²) >= 11 is 3.60. The van der Waals surface area contributed by atoms with Gasteiger partial charge in [-0.05, 0) is 0 Å². The minimum atomic E-state index is -3.81. The molecule has 3 nitrogen and oxygen atoms in total. The van der Waals surface area contributed by atoms with Crippen LogP contribution in [-0.4, -0.2) is 0 Å². The zero-order valence-electron chi connectivity index (χ0n) is 4.25. The Labute approximate surface area is 91.5 Å². The molecule has 0 aliphatic rings. The molecule has 0 aliphatic carbocycles. The monoisotopic (exact) mass is 157 g/mol. The molecule has 0 saturated carbocycles. The van der Waals surface area contributed by atoms with Crippen LogP contribution in [0, 0.1) is 0 Å². The van der Waals surface area contributed by atoms with Gasteiger partial charge in [0, 0.05) is 0 Å². The Balaban J connectivity index is -0.0000000800. The maximum Gasteiger partial charge on any atom is 1.00 e. The van der Waals surface area contributed by atoms with Gasteiger partial charge in [0.1, 0.15) is 0 Å². The van der Waals surface area contributed by atoms with E-state index in [4.69, 9.17) is 0 Å². The van der Waals surface area contributed by atoms with Crippen molar-refractivity contribution in [2.24, 2.45) is 5.50 Å². The van der Waals surface area contributed by atoms with E-state index in [0.29, 0.717) is 0 Å². The van der Waals surface area contributed by atoms with E-state index in [1.165, 1.54) is 0 Å². The van der Waals surface area contributed by atoms with E-state index in [1.807, 2.05) is 0 Å². The number of hydrogen-bond donors (Lipinski definition) is 1. The van der Waals surface area contributed by atoms with Crippen molar-refractivity contribution in [2.75, 3.05) is 0 Å². The van der Waals surface area contributed by atoms with Crippen molar-refractivity contribution in [2.45, 2.75) is 0 Å². The molecular weight excluding hydrogens is 155 g/mol. The third kappa shape index (κ3) is 56.8. The predicted octanol–water partition coefficient (Wildman–Crippen LogP) is -8.10. The van der Waals surface area contributed by atoms with E-state index in [0.717, 1.165) is 0 Å². The normalized spacial score (nSPS) is 8.43. The van der Waals surface area contributed by atoms with Crippen molar-refractivity contribution in [3.8, 4) is 0 Å². The van der Waals surface area contributed by atoms with Crippen molar-refractivity contribution < 1.29 is 68.9 Å². The first-order valence-corrected chi connectivity index (χ1v) is 3.51. The van der Waals surface area contributed by atoms with Crippen LogP contribution in [0.5, 0.6) is 0 Å². The second kappa shape index (κ2) is 6.65. The zero-order chi connectivity index (χ0) is 4.50. The van der Waals surface area contributed by atoms with Gasteiger partial charge in [-0.3, -0.25) is 0 Å². The van der Waals surface area contributed by atoms with E-state index in [2.05, 4.69) is 17.3 Å². The maximum absolute atomic E-state index is 9.25. The molecule has 0 aromatic carbocycles. The van der Waals surface area contributed by atoms with Crippen LogP contribution in [0.25, 0.3) is 0 Å². The van der Waals surface area contributed by atoms with Gasteiger partial charge in [0.15, 0.2) is 0 Å². The molecule has 0 fully saturated rings. The Hall–Kier alpha value is 2.53. The van der Waals surface area contributed by atoms with Crippen LogP contribution < -0.4 is 74.4 Å². The van der Waals surface area contributed by atoms with Crippen LogP contribution in [0.1, 0.15) is 0 Å². The Bertz CT molecular complexity index is 61.8. The van der Waals surface area contributed by atoms with Crippen molar-refractivity contribution in [1.29, 1.82) is 0 Å². The van der Waals surface area contributed by atoms with Gasteiger partial charge in [-0.1, -0.05) is 0 Å². The Morgan fingerprint density at radius 1 is 1.29 bits per heavy atom. The molecule has 0 unspecified atom stereocenters. The zero-order valence-corrected chi connectivity index (χ0v) is 9.96. The first-order valence-electron chi connectivity index (χ1n) is 0.806. The molecule has 0 spiro atoms. The number of hydrogen-bond acceptors (Lipinski definition) is 3. The summed E-state index contributed by atoms with van der Waals surface area (Å²) in [6, 6.07) is 0. The van der Waals surface area contributed by atoms with Crippen molar-refractivity contribution in [3.05, 3.63) is 0 Å². The van der Waals surface area contributed by atoms with E-state index < -0.39 is 6.64 Å². The molecule has 0 heterocycles. The Kier molecular flexibility index (Phi) is 15.4. The van der Waals surface area contributed by atoms with Gasteiger partial charge in [0.25, 0.3) is 0 Å². The van der Waals surface area contributed by atoms with Crippen molar-refractivity contribution in [1.82, 2.24) is 0 Å². The summed E-state index contributed by atoms with van der Waals surface area (Å²) in [5.74, 6) is 0. The minimum Gasteiger partial charge on any atom is -0.822 e. The molecule has 0 atom stereocenters. The smallest absolute Gasteiger partial charge is 0.822 e. The molecular formula is H2NNa2O2PS. The van der Waals surface area contributed by atoms with Gasteiger partial charge < -0.3 is 15.3 Å². The van der Waals surface area contributed by atoms with Crippen LogP contribution in [-0.2, 0) is 11.8 Å². The summed E-state index contributed by atoms with van der Waals surface area (Å²) in [4.78, 5) is 18.5. The molecule has 32 valence electrons. The van der Waals surface area contributed by atoms with Gasteiger partial charge in [0.05, 0.1) is 0 Å². The largest absolute Gasteiger partial charge is 1.00 e. The van der Waals surface area contributed by atoms with E-state index in [9.17, 15) is 9.79 Å². The van der Waals surface area contributed by atoms with Crippen LogP contribution in [0.4, 0.5) is 0 Å². The minimum absolute atomic E-state index is 0. The molecule has 0 amide bonds. The molecule has 0 radical (unpaired) electrons. The van der Waals surface area contributed by atoms with Gasteiger partial charge >= 0.3 is 59.1 Å². The second-order valence-corrected chi connectivity index (χ2v) is 3.15. The third-order valence-corrected chi connectivity index (χ3v) is 0. The fourth-order valence-corrected chi connectivity index (χ4v) is 0. The van der Waals surface area contributed by atoms with Crippen molar-refractivity contribution in [3.63, 3.8) is 0 Å². The SMILES string of the molecule is NP([O-])([O-])=S.[Na+].[Na+]. The molecule has 7 heavy (non-hydrogen) atoms. The first-order chi connectivity index (χ1) is 2.00. The average molecular weight is 157 g/mol. The van der Waals surface area contributed by atoms with Gasteiger partial charge in [-0.25, -0.2) is 0 Å². The van der Waals surface area contributed by atoms with Crippen LogP contribution in [0.3, 0.4) is 0 Å². The molecule has 2 N–H and O–H groups in total. The fourth-order valence-electron chi connectivity index (χ4n) is 0. The molecule has 7 heteroatoms. The van der Waals surface area contributed by atoms with E-state index in [-0.39, 0.29) is 59.1 Å². The first kappa shape index (κ1) is 16.3. The summed E-state index contributed by atoms with van der Waals surface area (Å²) in [5.41, 5.74) is 4.17. The molecule has 0 aliphatic heterocycles. The topological polar surface area (TPSA) is 72.1 Å².